The molecule has 2 nitrogen and oxygen atoms in total. The summed E-state index contributed by atoms with van der Waals surface area (Å²) in [5.74, 6) is 0.949. The highest BCUT2D eigenvalue weighted by Gasteiger charge is 2.04. The number of thiophene rings is 1. The van der Waals surface area contributed by atoms with Crippen molar-refractivity contribution < 1.29 is 4.42 Å². The second-order valence-corrected chi connectivity index (χ2v) is 5.94. The first kappa shape index (κ1) is 11.9. The van der Waals surface area contributed by atoms with Gasteiger partial charge in [-0.3, -0.25) is 0 Å². The summed E-state index contributed by atoms with van der Waals surface area (Å²) in [6.45, 7) is 5.96. The molecule has 2 aromatic heterocycles. The quantitative estimate of drug-likeness (QED) is 0.923. The molecule has 0 aliphatic heterocycles. The lowest BCUT2D eigenvalue weighted by Crippen LogP contribution is -2.11. The fourth-order valence-corrected chi connectivity index (χ4v) is 2.85. The summed E-state index contributed by atoms with van der Waals surface area (Å²) in [6, 6.07) is 4.15. The van der Waals surface area contributed by atoms with E-state index >= 15 is 0 Å². The van der Waals surface area contributed by atoms with Crippen LogP contribution in [0.5, 0.6) is 0 Å². The summed E-state index contributed by atoms with van der Waals surface area (Å²) >= 11 is 5.29. The van der Waals surface area contributed by atoms with Gasteiger partial charge in [0.05, 0.1) is 17.3 Å². The van der Waals surface area contributed by atoms with Crippen molar-refractivity contribution in [2.24, 2.45) is 0 Å². The Morgan fingerprint density at radius 3 is 2.75 bits per heavy atom. The maximum Gasteiger partial charge on any atom is 0.131 e. The molecular formula is C12H14BrNOS. The second-order valence-electron chi connectivity index (χ2n) is 3.75. The highest BCUT2D eigenvalue weighted by Crippen LogP contribution is 2.21. The van der Waals surface area contributed by atoms with Crippen molar-refractivity contribution in [2.75, 3.05) is 0 Å². The zero-order chi connectivity index (χ0) is 11.5. The van der Waals surface area contributed by atoms with E-state index in [9.17, 15) is 0 Å². The van der Waals surface area contributed by atoms with Crippen LogP contribution in [0.1, 0.15) is 21.1 Å². The Balaban J connectivity index is 1.87. The Morgan fingerprint density at radius 2 is 2.19 bits per heavy atom. The minimum atomic E-state index is 0.754. The predicted molar refractivity (Wildman–Crippen MR) is 70.7 cm³/mol. The molecule has 0 bridgehead atoms. The number of hydrogen-bond acceptors (Lipinski definition) is 3. The first-order chi connectivity index (χ1) is 7.66. The lowest BCUT2D eigenvalue weighted by atomic mass is 10.3. The molecule has 0 atom stereocenters. The number of hydrogen-bond donors (Lipinski definition) is 1. The third-order valence-electron chi connectivity index (χ3n) is 2.49. The maximum atomic E-state index is 5.33. The first-order valence-electron chi connectivity index (χ1n) is 5.15. The second kappa shape index (κ2) is 5.17. The van der Waals surface area contributed by atoms with Gasteiger partial charge in [0.15, 0.2) is 0 Å². The molecule has 0 spiro atoms. The summed E-state index contributed by atoms with van der Waals surface area (Å²) in [5.41, 5.74) is 1.38. The van der Waals surface area contributed by atoms with Crippen LogP contribution >= 0.6 is 27.3 Å². The highest BCUT2D eigenvalue weighted by molar-refractivity contribution is 9.10. The molecule has 0 aliphatic rings. The Bertz CT molecular complexity index is 456. The van der Waals surface area contributed by atoms with Crippen molar-refractivity contribution in [2.45, 2.75) is 26.9 Å². The number of nitrogens with one attached hydrogen (secondary N) is 1. The molecule has 0 fully saturated rings. The molecule has 0 amide bonds. The van der Waals surface area contributed by atoms with Gasteiger partial charge in [-0.15, -0.1) is 11.3 Å². The summed E-state index contributed by atoms with van der Waals surface area (Å²) in [4.78, 5) is 2.77. The number of aryl methyl sites for hydroxylation is 2. The summed E-state index contributed by atoms with van der Waals surface area (Å²) in [6.07, 6.45) is 1.69. The van der Waals surface area contributed by atoms with Crippen LogP contribution in [0.4, 0.5) is 0 Å². The van der Waals surface area contributed by atoms with Gasteiger partial charge in [0.1, 0.15) is 5.76 Å². The van der Waals surface area contributed by atoms with Gasteiger partial charge < -0.3 is 9.73 Å². The molecule has 0 radical (unpaired) electrons. The molecule has 1 N–H and O–H groups in total. The summed E-state index contributed by atoms with van der Waals surface area (Å²) in [5, 5.41) is 3.37. The van der Waals surface area contributed by atoms with Gasteiger partial charge in [-0.2, -0.15) is 0 Å². The van der Waals surface area contributed by atoms with Gasteiger partial charge in [0.2, 0.25) is 0 Å². The zero-order valence-corrected chi connectivity index (χ0v) is 11.7. The predicted octanol–water partition coefficient (Wildman–Crippen LogP) is 4.01. The van der Waals surface area contributed by atoms with Crippen LogP contribution in [0.25, 0.3) is 0 Å². The average Bonchev–Trinajstić information content (AvgIpc) is 2.76. The molecular weight excluding hydrogens is 286 g/mol. The van der Waals surface area contributed by atoms with Crippen molar-refractivity contribution in [3.63, 3.8) is 0 Å². The fraction of sp³-hybridized carbons (Fsp3) is 0.333. The van der Waals surface area contributed by atoms with E-state index in [4.69, 9.17) is 4.42 Å². The van der Waals surface area contributed by atoms with Crippen molar-refractivity contribution in [1.29, 1.82) is 0 Å². The van der Waals surface area contributed by atoms with Crippen LogP contribution < -0.4 is 5.32 Å². The standard InChI is InChI=1S/C12H14BrNOS/c1-8-5-10(16-9(8)2)6-14-7-12-11(13)3-4-15-12/h3-5,14H,6-7H2,1-2H3. The van der Waals surface area contributed by atoms with E-state index in [1.807, 2.05) is 17.4 Å². The number of furan rings is 1. The normalized spacial score (nSPS) is 10.9. The highest BCUT2D eigenvalue weighted by atomic mass is 79.9. The van der Waals surface area contributed by atoms with E-state index < -0.39 is 0 Å². The van der Waals surface area contributed by atoms with Crippen molar-refractivity contribution in [1.82, 2.24) is 5.32 Å². The molecule has 0 aromatic carbocycles. The van der Waals surface area contributed by atoms with Gasteiger partial charge in [0, 0.05) is 16.3 Å². The summed E-state index contributed by atoms with van der Waals surface area (Å²) < 4.78 is 6.35. The van der Waals surface area contributed by atoms with Crippen LogP contribution in [0, 0.1) is 13.8 Å². The average molecular weight is 300 g/mol. The first-order valence-corrected chi connectivity index (χ1v) is 6.76. The zero-order valence-electron chi connectivity index (χ0n) is 9.34. The van der Waals surface area contributed by atoms with Crippen LogP contribution in [0.3, 0.4) is 0 Å². The van der Waals surface area contributed by atoms with E-state index in [0.29, 0.717) is 0 Å². The largest absolute Gasteiger partial charge is 0.467 e. The Hall–Kier alpha value is -0.580. The monoisotopic (exact) mass is 299 g/mol. The van der Waals surface area contributed by atoms with Crippen molar-refractivity contribution in [3.8, 4) is 0 Å². The third-order valence-corrected chi connectivity index (χ3v) is 4.35. The molecule has 16 heavy (non-hydrogen) atoms. The Labute approximate surface area is 108 Å². The van der Waals surface area contributed by atoms with Crippen LogP contribution in [-0.4, -0.2) is 0 Å². The molecule has 2 rings (SSSR count). The Morgan fingerprint density at radius 1 is 1.38 bits per heavy atom. The molecule has 4 heteroatoms. The van der Waals surface area contributed by atoms with E-state index in [0.717, 1.165) is 23.3 Å². The smallest absolute Gasteiger partial charge is 0.131 e. The van der Waals surface area contributed by atoms with Crippen LogP contribution in [0.2, 0.25) is 0 Å². The Kier molecular flexibility index (Phi) is 3.84. The van der Waals surface area contributed by atoms with E-state index in [2.05, 4.69) is 41.2 Å². The molecule has 0 saturated carbocycles. The maximum absolute atomic E-state index is 5.33. The van der Waals surface area contributed by atoms with Crippen LogP contribution in [-0.2, 0) is 13.1 Å². The molecule has 0 saturated heterocycles. The molecule has 0 aliphatic carbocycles. The topological polar surface area (TPSA) is 25.2 Å². The lowest BCUT2D eigenvalue weighted by Gasteiger charge is -2.00. The minimum absolute atomic E-state index is 0.754. The van der Waals surface area contributed by atoms with Gasteiger partial charge in [-0.25, -0.2) is 0 Å². The number of halogens is 1. The number of rotatable bonds is 4. The van der Waals surface area contributed by atoms with Crippen LogP contribution in [0.15, 0.2) is 27.3 Å². The molecule has 2 aromatic rings. The van der Waals surface area contributed by atoms with E-state index in [-0.39, 0.29) is 0 Å². The third kappa shape index (κ3) is 2.75. The molecule has 2 heterocycles. The summed E-state index contributed by atoms with van der Waals surface area (Å²) in [7, 11) is 0. The van der Waals surface area contributed by atoms with Gasteiger partial charge >= 0.3 is 0 Å². The van der Waals surface area contributed by atoms with Gasteiger partial charge in [-0.1, -0.05) is 0 Å². The van der Waals surface area contributed by atoms with Crippen molar-refractivity contribution in [3.05, 3.63) is 43.9 Å². The van der Waals surface area contributed by atoms with Gasteiger partial charge in [0.25, 0.3) is 0 Å². The fourth-order valence-electron chi connectivity index (χ4n) is 1.49. The SMILES string of the molecule is Cc1cc(CNCc2occc2Br)sc1C. The minimum Gasteiger partial charge on any atom is -0.467 e. The van der Waals surface area contributed by atoms with E-state index in [1.54, 1.807) is 6.26 Å². The van der Waals surface area contributed by atoms with Gasteiger partial charge in [-0.05, 0) is 47.5 Å². The molecule has 86 valence electrons. The van der Waals surface area contributed by atoms with Crippen molar-refractivity contribution >= 4 is 27.3 Å². The van der Waals surface area contributed by atoms with E-state index in [1.165, 1.54) is 15.3 Å². The molecule has 0 unspecified atom stereocenters. The lowest BCUT2D eigenvalue weighted by molar-refractivity contribution is 0.481.